The molecular formula is C23H30NO4+. The van der Waals surface area contributed by atoms with Gasteiger partial charge in [-0.25, -0.2) is 0 Å². The number of fused-ring (bicyclic) bond motifs is 4. The molecule has 0 N–H and O–H groups in total. The van der Waals surface area contributed by atoms with Crippen LogP contribution in [-0.2, 0) is 13.0 Å². The normalized spacial score (nSPS) is 25.2. The van der Waals surface area contributed by atoms with E-state index in [4.69, 9.17) is 18.9 Å². The van der Waals surface area contributed by atoms with Gasteiger partial charge in [-0.2, -0.15) is 0 Å². The van der Waals surface area contributed by atoms with Crippen LogP contribution in [0.25, 0.3) is 0 Å². The molecule has 0 fully saturated rings. The molecule has 0 saturated heterocycles. The first-order valence-corrected chi connectivity index (χ1v) is 9.80. The summed E-state index contributed by atoms with van der Waals surface area (Å²) in [5.74, 6) is 3.66. The summed E-state index contributed by atoms with van der Waals surface area (Å²) >= 11 is 0. The molecule has 2 aliphatic heterocycles. The van der Waals surface area contributed by atoms with E-state index in [0.29, 0.717) is 12.0 Å². The lowest BCUT2D eigenvalue weighted by molar-refractivity contribution is -0.957. The standard InChI is InChI=1S/C23H30NO4/c1-14-16-7-8-19(25-3)23(28-6)18(16)13-24(2)10-9-15-11-20(26-4)21(27-5)12-17(15)22(14)24/h7-8,11-12,14,22H,9-10,13H2,1-6H3/q+1/t14-,22-,24-/m1/s1. The van der Waals surface area contributed by atoms with E-state index in [0.717, 1.165) is 47.0 Å². The van der Waals surface area contributed by atoms with Gasteiger partial charge in [-0.15, -0.1) is 0 Å². The third-order valence-electron chi connectivity index (χ3n) is 6.70. The van der Waals surface area contributed by atoms with Gasteiger partial charge in [-0.05, 0) is 29.3 Å². The minimum Gasteiger partial charge on any atom is -0.493 e. The monoisotopic (exact) mass is 384 g/mol. The molecule has 2 aromatic carbocycles. The van der Waals surface area contributed by atoms with Gasteiger partial charge in [0.2, 0.25) is 0 Å². The van der Waals surface area contributed by atoms with Crippen molar-refractivity contribution in [2.75, 3.05) is 42.0 Å². The Hall–Kier alpha value is -2.40. The molecule has 2 aromatic rings. The minimum atomic E-state index is 0.353. The van der Waals surface area contributed by atoms with Gasteiger partial charge in [-0.1, -0.05) is 13.0 Å². The molecule has 0 bridgehead atoms. The Labute approximate surface area is 167 Å². The summed E-state index contributed by atoms with van der Waals surface area (Å²) in [5.41, 5.74) is 5.37. The Morgan fingerprint density at radius 3 is 2.18 bits per heavy atom. The zero-order valence-electron chi connectivity index (χ0n) is 17.7. The van der Waals surface area contributed by atoms with E-state index in [1.54, 1.807) is 28.4 Å². The lowest BCUT2D eigenvalue weighted by Crippen LogP contribution is -2.54. The quantitative estimate of drug-likeness (QED) is 0.745. The van der Waals surface area contributed by atoms with Crippen molar-refractivity contribution in [1.29, 1.82) is 0 Å². The number of benzene rings is 2. The summed E-state index contributed by atoms with van der Waals surface area (Å²) in [5, 5.41) is 0. The van der Waals surface area contributed by atoms with Gasteiger partial charge in [0, 0.05) is 17.9 Å². The maximum atomic E-state index is 5.77. The smallest absolute Gasteiger partial charge is 0.169 e. The Bertz CT molecular complexity index is 910. The van der Waals surface area contributed by atoms with Crippen molar-refractivity contribution >= 4 is 0 Å². The first kappa shape index (κ1) is 18.9. The number of quaternary nitrogens is 1. The van der Waals surface area contributed by atoms with Crippen molar-refractivity contribution in [3.05, 3.63) is 46.5 Å². The molecule has 3 atom stereocenters. The molecule has 2 heterocycles. The zero-order valence-corrected chi connectivity index (χ0v) is 17.7. The van der Waals surface area contributed by atoms with Crippen LogP contribution in [0, 0.1) is 0 Å². The summed E-state index contributed by atoms with van der Waals surface area (Å²) in [7, 11) is 9.21. The molecule has 0 amide bonds. The van der Waals surface area contributed by atoms with Crippen LogP contribution in [0.3, 0.4) is 0 Å². The third-order valence-corrected chi connectivity index (χ3v) is 6.70. The van der Waals surface area contributed by atoms with Crippen LogP contribution in [-0.4, -0.2) is 46.5 Å². The maximum absolute atomic E-state index is 5.77. The average molecular weight is 384 g/mol. The Balaban J connectivity index is 1.88. The highest BCUT2D eigenvalue weighted by Crippen LogP contribution is 2.53. The van der Waals surface area contributed by atoms with Crippen molar-refractivity contribution in [2.45, 2.75) is 31.8 Å². The van der Waals surface area contributed by atoms with Gasteiger partial charge >= 0.3 is 0 Å². The number of hydrogen-bond donors (Lipinski definition) is 0. The van der Waals surface area contributed by atoms with Crippen LogP contribution in [0.4, 0.5) is 0 Å². The molecule has 28 heavy (non-hydrogen) atoms. The second-order valence-corrected chi connectivity index (χ2v) is 8.12. The van der Waals surface area contributed by atoms with Gasteiger partial charge in [0.1, 0.15) is 12.6 Å². The molecule has 0 aliphatic carbocycles. The van der Waals surface area contributed by atoms with Crippen molar-refractivity contribution in [3.63, 3.8) is 0 Å². The molecule has 0 aromatic heterocycles. The zero-order chi connectivity index (χ0) is 20.1. The average Bonchev–Trinajstić information content (AvgIpc) is 2.71. The maximum Gasteiger partial charge on any atom is 0.169 e. The molecule has 0 spiro atoms. The van der Waals surface area contributed by atoms with E-state index in [2.05, 4.69) is 32.2 Å². The molecule has 5 heteroatoms. The first-order chi connectivity index (χ1) is 13.5. The lowest BCUT2D eigenvalue weighted by Gasteiger charge is -2.51. The third kappa shape index (κ3) is 2.64. The van der Waals surface area contributed by atoms with Gasteiger partial charge < -0.3 is 23.4 Å². The van der Waals surface area contributed by atoms with E-state index < -0.39 is 0 Å². The van der Waals surface area contributed by atoms with Crippen molar-refractivity contribution in [2.24, 2.45) is 0 Å². The molecule has 5 nitrogen and oxygen atoms in total. The van der Waals surface area contributed by atoms with E-state index in [1.807, 2.05) is 6.07 Å². The predicted octanol–water partition coefficient (Wildman–Crippen LogP) is 4.08. The van der Waals surface area contributed by atoms with Crippen LogP contribution in [0.5, 0.6) is 23.0 Å². The molecule has 150 valence electrons. The molecule has 0 unspecified atom stereocenters. The lowest BCUT2D eigenvalue weighted by atomic mass is 9.75. The highest BCUT2D eigenvalue weighted by atomic mass is 16.5. The molecule has 0 radical (unpaired) electrons. The number of ether oxygens (including phenoxy) is 4. The highest BCUT2D eigenvalue weighted by molar-refractivity contribution is 5.55. The number of nitrogens with zero attached hydrogens (tertiary/aromatic N) is 1. The Morgan fingerprint density at radius 1 is 0.857 bits per heavy atom. The summed E-state index contributed by atoms with van der Waals surface area (Å²) in [6.07, 6.45) is 1.02. The number of rotatable bonds is 4. The summed E-state index contributed by atoms with van der Waals surface area (Å²) in [6.45, 7) is 4.34. The largest absolute Gasteiger partial charge is 0.493 e. The Kier molecular flexibility index (Phi) is 4.66. The Morgan fingerprint density at radius 2 is 1.54 bits per heavy atom. The number of methoxy groups -OCH3 is 4. The number of hydrogen-bond acceptors (Lipinski definition) is 4. The van der Waals surface area contributed by atoms with Crippen molar-refractivity contribution < 1.29 is 23.4 Å². The van der Waals surface area contributed by atoms with Crippen LogP contribution >= 0.6 is 0 Å². The molecular weight excluding hydrogens is 354 g/mol. The van der Waals surface area contributed by atoms with E-state index >= 15 is 0 Å². The SMILES string of the molecule is COc1cc2c(cc1OC)[C@H]1[C@H](C)c3ccc(OC)c(OC)c3C[N@@+]1(C)CC2. The van der Waals surface area contributed by atoms with Gasteiger partial charge in [-0.3, -0.25) is 0 Å². The fraction of sp³-hybridized carbons (Fsp3) is 0.478. The van der Waals surface area contributed by atoms with Gasteiger partial charge in [0.15, 0.2) is 23.0 Å². The first-order valence-electron chi connectivity index (χ1n) is 9.80. The van der Waals surface area contributed by atoms with E-state index in [-0.39, 0.29) is 0 Å². The summed E-state index contributed by atoms with van der Waals surface area (Å²) < 4.78 is 23.4. The predicted molar refractivity (Wildman–Crippen MR) is 109 cm³/mol. The fourth-order valence-electron chi connectivity index (χ4n) is 5.39. The highest BCUT2D eigenvalue weighted by Gasteiger charge is 2.48. The fourth-order valence-corrected chi connectivity index (χ4v) is 5.39. The summed E-state index contributed by atoms with van der Waals surface area (Å²) in [6, 6.07) is 8.96. The van der Waals surface area contributed by atoms with Crippen LogP contribution in [0.2, 0.25) is 0 Å². The summed E-state index contributed by atoms with van der Waals surface area (Å²) in [4.78, 5) is 0. The van der Waals surface area contributed by atoms with Gasteiger partial charge in [0.25, 0.3) is 0 Å². The molecule has 0 saturated carbocycles. The van der Waals surface area contributed by atoms with E-state index in [1.165, 1.54) is 22.3 Å². The molecule has 2 aliphatic rings. The van der Waals surface area contributed by atoms with Crippen LogP contribution in [0.15, 0.2) is 24.3 Å². The number of likely N-dealkylation sites (N-methyl/N-ethyl adjacent to an activating group) is 1. The second-order valence-electron chi connectivity index (χ2n) is 8.12. The molecule has 4 rings (SSSR count). The topological polar surface area (TPSA) is 36.9 Å². The van der Waals surface area contributed by atoms with Crippen molar-refractivity contribution in [3.8, 4) is 23.0 Å². The van der Waals surface area contributed by atoms with Crippen LogP contribution in [0.1, 0.15) is 41.1 Å². The van der Waals surface area contributed by atoms with Crippen molar-refractivity contribution in [1.82, 2.24) is 0 Å². The van der Waals surface area contributed by atoms with Crippen LogP contribution < -0.4 is 18.9 Å². The van der Waals surface area contributed by atoms with Gasteiger partial charge in [0.05, 0.1) is 47.6 Å². The van der Waals surface area contributed by atoms with E-state index in [9.17, 15) is 0 Å². The second kappa shape index (κ2) is 6.89. The minimum absolute atomic E-state index is 0.353.